The van der Waals surface area contributed by atoms with Crippen molar-refractivity contribution in [2.24, 2.45) is 5.92 Å². The number of hydrogen-bond acceptors (Lipinski definition) is 6. The number of carboxylic acids is 1. The molecular weight excluding hydrogens is 621 g/mol. The van der Waals surface area contributed by atoms with E-state index in [-0.39, 0.29) is 17.7 Å². The van der Waals surface area contributed by atoms with Crippen molar-refractivity contribution in [3.63, 3.8) is 0 Å². The number of carboxylic acid groups (broad SMARTS) is 1. The highest BCUT2D eigenvalue weighted by atomic mass is 32.1. The number of halogens is 3. The van der Waals surface area contributed by atoms with Gasteiger partial charge in [-0.3, -0.25) is 14.4 Å². The molecule has 13 heteroatoms. The molecule has 2 aliphatic rings. The fourth-order valence-electron chi connectivity index (χ4n) is 5.81. The Kier molecular flexibility index (Phi) is 12.2. The molecule has 1 saturated carbocycles. The highest BCUT2D eigenvalue weighted by Crippen LogP contribution is 2.32. The number of thiophene rings is 1. The summed E-state index contributed by atoms with van der Waals surface area (Å²) in [5.74, 6) is -2.83. The molecule has 1 atom stereocenters. The average molecular weight is 661 g/mol. The van der Waals surface area contributed by atoms with Gasteiger partial charge in [0.25, 0.3) is 5.91 Å². The Morgan fingerprint density at radius 2 is 1.61 bits per heavy atom. The van der Waals surface area contributed by atoms with Crippen molar-refractivity contribution in [1.82, 2.24) is 21.3 Å². The molecule has 2 heterocycles. The topological polar surface area (TPSA) is 137 Å². The Balaban J connectivity index is 0.000000617. The van der Waals surface area contributed by atoms with Gasteiger partial charge in [-0.25, -0.2) is 4.79 Å². The van der Waals surface area contributed by atoms with E-state index >= 15 is 0 Å². The van der Waals surface area contributed by atoms with Crippen LogP contribution in [0, 0.1) is 5.92 Å². The van der Waals surface area contributed by atoms with Crippen LogP contribution in [-0.4, -0.2) is 66.2 Å². The van der Waals surface area contributed by atoms with Crippen LogP contribution in [0.15, 0.2) is 60.7 Å². The monoisotopic (exact) mass is 660 g/mol. The van der Waals surface area contributed by atoms with Gasteiger partial charge in [-0.05, 0) is 74.2 Å². The fraction of sp³-hybridized carbons (Fsp3) is 0.455. The number of piperidine rings is 1. The van der Waals surface area contributed by atoms with Crippen molar-refractivity contribution < 1.29 is 37.5 Å². The van der Waals surface area contributed by atoms with Crippen LogP contribution < -0.4 is 21.3 Å². The third-order valence-corrected chi connectivity index (χ3v) is 9.47. The van der Waals surface area contributed by atoms with E-state index < -0.39 is 23.7 Å². The zero-order valence-electron chi connectivity index (χ0n) is 25.3. The van der Waals surface area contributed by atoms with E-state index in [0.717, 1.165) is 60.8 Å². The van der Waals surface area contributed by atoms with Crippen molar-refractivity contribution in [1.29, 1.82) is 0 Å². The minimum atomic E-state index is -5.08. The molecule has 9 nitrogen and oxygen atoms in total. The molecule has 1 aliphatic heterocycles. The molecule has 5 N–H and O–H groups in total. The maximum absolute atomic E-state index is 13.8. The smallest absolute Gasteiger partial charge is 0.475 e. The molecule has 2 aromatic carbocycles. The molecule has 0 bridgehead atoms. The first-order valence-corrected chi connectivity index (χ1v) is 16.2. The molecule has 2 fully saturated rings. The molecule has 0 unspecified atom stereocenters. The SMILES string of the molecule is O=C(NC1(C(=O)N[C@H](Cc2ccccc2)C(=O)NCCC2CCNCC2)CCCC1)c1cc2ccccc2s1.O=C(O)C(F)(F)F. The molecule has 3 aromatic rings. The van der Waals surface area contributed by atoms with Gasteiger partial charge in [-0.2, -0.15) is 13.2 Å². The Bertz CT molecular complexity index is 1450. The number of amides is 3. The van der Waals surface area contributed by atoms with E-state index in [1.54, 1.807) is 0 Å². The Morgan fingerprint density at radius 1 is 0.978 bits per heavy atom. The van der Waals surface area contributed by atoms with Crippen LogP contribution in [0.3, 0.4) is 0 Å². The number of rotatable bonds is 10. The summed E-state index contributed by atoms with van der Waals surface area (Å²) in [4.78, 5) is 50.0. The lowest BCUT2D eigenvalue weighted by molar-refractivity contribution is -0.192. The quantitative estimate of drug-likeness (QED) is 0.212. The summed E-state index contributed by atoms with van der Waals surface area (Å²) in [6.07, 6.45) is 1.33. The zero-order chi connectivity index (χ0) is 33.2. The van der Waals surface area contributed by atoms with Gasteiger partial charge < -0.3 is 26.4 Å². The van der Waals surface area contributed by atoms with Gasteiger partial charge in [0.2, 0.25) is 11.8 Å². The van der Waals surface area contributed by atoms with Crippen molar-refractivity contribution >= 4 is 45.1 Å². The van der Waals surface area contributed by atoms with Crippen LogP contribution >= 0.6 is 11.3 Å². The minimum Gasteiger partial charge on any atom is -0.475 e. The van der Waals surface area contributed by atoms with Gasteiger partial charge in [-0.15, -0.1) is 11.3 Å². The standard InChI is InChI=1S/C31H38N4O3S.C2HF3O2/c36-28(33-19-14-22-12-17-32-18-13-22)25(20-23-8-2-1-3-9-23)34-30(38)31(15-6-7-16-31)35-29(37)27-21-24-10-4-5-11-26(24)39-27;3-2(4,5)1(6)7/h1-5,8-11,21-22,25,32H,6-7,12-20H2,(H,33,36)(H,34,38)(H,35,37);(H,6,7)/t25-;/m1./s1. The molecule has 248 valence electrons. The van der Waals surface area contributed by atoms with Gasteiger partial charge in [0.05, 0.1) is 4.88 Å². The second-order valence-corrected chi connectivity index (χ2v) is 12.8. The number of alkyl halides is 3. The second-order valence-electron chi connectivity index (χ2n) is 11.7. The average Bonchev–Trinajstić information content (AvgIpc) is 3.70. The minimum absolute atomic E-state index is 0.176. The van der Waals surface area contributed by atoms with Crippen LogP contribution in [0.1, 0.15) is 60.2 Å². The number of aliphatic carboxylic acids is 1. The summed E-state index contributed by atoms with van der Waals surface area (Å²) >= 11 is 1.43. The van der Waals surface area contributed by atoms with Crippen molar-refractivity contribution in [2.45, 2.75) is 69.1 Å². The van der Waals surface area contributed by atoms with Gasteiger partial charge in [-0.1, -0.05) is 61.4 Å². The summed E-state index contributed by atoms with van der Waals surface area (Å²) in [6, 6.07) is 18.8. The van der Waals surface area contributed by atoms with E-state index in [2.05, 4.69) is 21.3 Å². The van der Waals surface area contributed by atoms with Crippen molar-refractivity contribution in [3.05, 3.63) is 71.1 Å². The fourth-order valence-corrected chi connectivity index (χ4v) is 6.77. The first-order chi connectivity index (χ1) is 22.0. The second kappa shape index (κ2) is 16.0. The first-order valence-electron chi connectivity index (χ1n) is 15.4. The highest BCUT2D eigenvalue weighted by Gasteiger charge is 2.44. The normalized spacial score (nSPS) is 16.9. The number of carbonyl (C=O) groups excluding carboxylic acids is 3. The summed E-state index contributed by atoms with van der Waals surface area (Å²) in [6.45, 7) is 2.65. The molecule has 0 radical (unpaired) electrons. The van der Waals surface area contributed by atoms with E-state index in [0.29, 0.717) is 36.6 Å². The number of benzene rings is 2. The summed E-state index contributed by atoms with van der Waals surface area (Å²) in [5, 5.41) is 20.7. The van der Waals surface area contributed by atoms with Crippen LogP contribution in [0.4, 0.5) is 13.2 Å². The van der Waals surface area contributed by atoms with E-state index in [9.17, 15) is 27.6 Å². The molecule has 1 saturated heterocycles. The van der Waals surface area contributed by atoms with E-state index in [1.165, 1.54) is 11.3 Å². The van der Waals surface area contributed by atoms with Gasteiger partial charge in [0.15, 0.2) is 0 Å². The third kappa shape index (κ3) is 9.76. The summed E-state index contributed by atoms with van der Waals surface area (Å²) in [5.41, 5.74) is -0.0384. The number of fused-ring (bicyclic) bond motifs is 1. The number of hydrogen-bond donors (Lipinski definition) is 5. The molecule has 5 rings (SSSR count). The number of nitrogens with one attached hydrogen (secondary N) is 4. The Hall–Kier alpha value is -3.97. The molecule has 0 spiro atoms. The Labute approximate surface area is 269 Å². The van der Waals surface area contributed by atoms with Gasteiger partial charge >= 0.3 is 12.1 Å². The van der Waals surface area contributed by atoms with Crippen molar-refractivity contribution in [2.75, 3.05) is 19.6 Å². The molecule has 1 aliphatic carbocycles. The predicted octanol–water partition coefficient (Wildman–Crippen LogP) is 4.81. The largest absolute Gasteiger partial charge is 0.490 e. The lowest BCUT2D eigenvalue weighted by Gasteiger charge is -2.31. The zero-order valence-corrected chi connectivity index (χ0v) is 26.1. The van der Waals surface area contributed by atoms with Gasteiger partial charge in [0.1, 0.15) is 11.6 Å². The lowest BCUT2D eigenvalue weighted by Crippen LogP contribution is -2.61. The maximum atomic E-state index is 13.8. The lowest BCUT2D eigenvalue weighted by atomic mass is 9.94. The van der Waals surface area contributed by atoms with Gasteiger partial charge in [0, 0.05) is 17.7 Å². The molecular formula is C33H39F3N4O5S. The maximum Gasteiger partial charge on any atom is 0.490 e. The summed E-state index contributed by atoms with van der Waals surface area (Å²) < 4.78 is 32.8. The summed E-state index contributed by atoms with van der Waals surface area (Å²) in [7, 11) is 0. The predicted molar refractivity (Wildman–Crippen MR) is 169 cm³/mol. The van der Waals surface area contributed by atoms with Crippen LogP contribution in [0.5, 0.6) is 0 Å². The van der Waals surface area contributed by atoms with Crippen molar-refractivity contribution in [3.8, 4) is 0 Å². The molecule has 1 aromatic heterocycles. The van der Waals surface area contributed by atoms with Crippen LogP contribution in [-0.2, 0) is 20.8 Å². The first kappa shape index (κ1) is 34.9. The van der Waals surface area contributed by atoms with Crippen LogP contribution in [0.25, 0.3) is 10.1 Å². The van der Waals surface area contributed by atoms with E-state index in [4.69, 9.17) is 9.90 Å². The van der Waals surface area contributed by atoms with Crippen LogP contribution in [0.2, 0.25) is 0 Å². The van der Waals surface area contributed by atoms with E-state index in [1.807, 2.05) is 60.7 Å². The highest BCUT2D eigenvalue weighted by molar-refractivity contribution is 7.20. The Morgan fingerprint density at radius 3 is 2.24 bits per heavy atom. The molecule has 3 amide bonds. The molecule has 46 heavy (non-hydrogen) atoms. The third-order valence-electron chi connectivity index (χ3n) is 8.35. The number of carbonyl (C=O) groups is 4.